The van der Waals surface area contributed by atoms with E-state index in [0.29, 0.717) is 0 Å². The predicted octanol–water partition coefficient (Wildman–Crippen LogP) is 6.42. The van der Waals surface area contributed by atoms with Crippen molar-refractivity contribution >= 4 is 12.1 Å². The number of hydrazone groups is 1. The molecule has 0 bridgehead atoms. The molecule has 1 heterocycles. The average molecular weight is 475 g/mol. The SMILES string of the molecule is Cc1ccc(-n2nc(C(=O)N/N=C\c3ccccc3F)cc2-c2ccc(-c3ccccc3)cc2)cc1. The molecule has 176 valence electrons. The molecular formula is C30H23FN4O. The predicted molar refractivity (Wildman–Crippen MR) is 141 cm³/mol. The molecule has 5 nitrogen and oxygen atoms in total. The van der Waals surface area contributed by atoms with Crippen molar-refractivity contribution in [3.8, 4) is 28.1 Å². The zero-order valence-corrected chi connectivity index (χ0v) is 19.6. The molecule has 0 unspecified atom stereocenters. The highest BCUT2D eigenvalue weighted by atomic mass is 19.1. The van der Waals surface area contributed by atoms with Crippen LogP contribution in [-0.4, -0.2) is 21.9 Å². The number of aryl methyl sites for hydroxylation is 1. The number of benzene rings is 4. The Balaban J connectivity index is 1.46. The Morgan fingerprint density at radius 2 is 1.47 bits per heavy atom. The summed E-state index contributed by atoms with van der Waals surface area (Å²) in [7, 11) is 0. The fourth-order valence-electron chi connectivity index (χ4n) is 3.84. The van der Waals surface area contributed by atoms with Crippen molar-refractivity contribution in [2.24, 2.45) is 5.10 Å². The van der Waals surface area contributed by atoms with Gasteiger partial charge in [0, 0.05) is 11.1 Å². The van der Waals surface area contributed by atoms with Crippen LogP contribution < -0.4 is 5.43 Å². The molecule has 6 heteroatoms. The Morgan fingerprint density at radius 3 is 2.19 bits per heavy atom. The van der Waals surface area contributed by atoms with Crippen molar-refractivity contribution in [3.63, 3.8) is 0 Å². The van der Waals surface area contributed by atoms with Crippen LogP contribution in [0.5, 0.6) is 0 Å². The molecule has 0 fully saturated rings. The summed E-state index contributed by atoms with van der Waals surface area (Å²) in [4.78, 5) is 12.8. The number of carbonyl (C=O) groups is 1. The van der Waals surface area contributed by atoms with Crippen LogP contribution in [-0.2, 0) is 0 Å². The third kappa shape index (κ3) is 4.98. The van der Waals surface area contributed by atoms with Gasteiger partial charge in [0.1, 0.15) is 5.82 Å². The summed E-state index contributed by atoms with van der Waals surface area (Å²) in [5.74, 6) is -0.906. The van der Waals surface area contributed by atoms with E-state index in [4.69, 9.17) is 0 Å². The number of nitrogens with zero attached hydrogens (tertiary/aromatic N) is 3. The summed E-state index contributed by atoms with van der Waals surface area (Å²) in [5, 5.41) is 8.47. The number of amides is 1. The molecule has 0 spiro atoms. The van der Waals surface area contributed by atoms with Crippen LogP contribution >= 0.6 is 0 Å². The maximum atomic E-state index is 13.8. The van der Waals surface area contributed by atoms with Gasteiger partial charge in [-0.15, -0.1) is 0 Å². The number of carbonyl (C=O) groups excluding carboxylic acids is 1. The number of halogens is 1. The molecule has 5 rings (SSSR count). The molecule has 1 amide bonds. The van der Waals surface area contributed by atoms with Gasteiger partial charge >= 0.3 is 0 Å². The number of hydrogen-bond donors (Lipinski definition) is 1. The fraction of sp³-hybridized carbons (Fsp3) is 0.0333. The highest BCUT2D eigenvalue weighted by Crippen LogP contribution is 2.27. The smallest absolute Gasteiger partial charge is 0.265 e. The van der Waals surface area contributed by atoms with Gasteiger partial charge in [-0.2, -0.15) is 10.2 Å². The second kappa shape index (κ2) is 10.2. The van der Waals surface area contributed by atoms with Gasteiger partial charge < -0.3 is 0 Å². The minimum absolute atomic E-state index is 0.198. The lowest BCUT2D eigenvalue weighted by molar-refractivity contribution is 0.0949. The van der Waals surface area contributed by atoms with E-state index in [2.05, 4.69) is 39.9 Å². The van der Waals surface area contributed by atoms with E-state index in [0.717, 1.165) is 33.6 Å². The van der Waals surface area contributed by atoms with Crippen LogP contribution in [0.15, 0.2) is 114 Å². The molecule has 1 N–H and O–H groups in total. The van der Waals surface area contributed by atoms with Gasteiger partial charge in [0.05, 0.1) is 17.6 Å². The van der Waals surface area contributed by atoms with Gasteiger partial charge in [-0.1, -0.05) is 90.5 Å². The van der Waals surface area contributed by atoms with Gasteiger partial charge in [-0.3, -0.25) is 4.79 Å². The normalized spacial score (nSPS) is 11.1. The number of nitrogens with one attached hydrogen (secondary N) is 1. The van der Waals surface area contributed by atoms with Crippen LogP contribution in [0.25, 0.3) is 28.1 Å². The quantitative estimate of drug-likeness (QED) is 0.228. The van der Waals surface area contributed by atoms with E-state index in [9.17, 15) is 9.18 Å². The Hall–Kier alpha value is -4.84. The first-order valence-corrected chi connectivity index (χ1v) is 11.5. The number of aromatic nitrogens is 2. The van der Waals surface area contributed by atoms with E-state index in [1.807, 2.05) is 61.5 Å². The minimum atomic E-state index is -0.490. The summed E-state index contributed by atoms with van der Waals surface area (Å²) in [6.07, 6.45) is 1.27. The monoisotopic (exact) mass is 474 g/mol. The highest BCUT2D eigenvalue weighted by molar-refractivity contribution is 5.94. The van der Waals surface area contributed by atoms with Crippen molar-refractivity contribution < 1.29 is 9.18 Å². The number of rotatable bonds is 6. The molecule has 0 aliphatic heterocycles. The summed E-state index contributed by atoms with van der Waals surface area (Å²) >= 11 is 0. The van der Waals surface area contributed by atoms with E-state index < -0.39 is 11.7 Å². The first kappa shape index (κ1) is 22.9. The maximum absolute atomic E-state index is 13.8. The van der Waals surface area contributed by atoms with Gasteiger partial charge in [0.15, 0.2) is 5.69 Å². The maximum Gasteiger partial charge on any atom is 0.291 e. The van der Waals surface area contributed by atoms with Crippen molar-refractivity contribution in [1.82, 2.24) is 15.2 Å². The lowest BCUT2D eigenvalue weighted by atomic mass is 10.0. The van der Waals surface area contributed by atoms with Gasteiger partial charge in [0.25, 0.3) is 5.91 Å². The Labute approximate surface area is 208 Å². The minimum Gasteiger partial charge on any atom is -0.265 e. The Bertz CT molecular complexity index is 1520. The fourth-order valence-corrected chi connectivity index (χ4v) is 3.84. The van der Waals surface area contributed by atoms with Crippen LogP contribution in [0.4, 0.5) is 4.39 Å². The van der Waals surface area contributed by atoms with E-state index in [1.165, 1.54) is 12.3 Å². The molecule has 5 aromatic rings. The zero-order valence-electron chi connectivity index (χ0n) is 19.6. The second-order valence-corrected chi connectivity index (χ2v) is 8.33. The van der Waals surface area contributed by atoms with Crippen LogP contribution in [0.2, 0.25) is 0 Å². The van der Waals surface area contributed by atoms with Crippen LogP contribution in [0.3, 0.4) is 0 Å². The summed E-state index contributed by atoms with van der Waals surface area (Å²) in [5.41, 5.74) is 8.78. The van der Waals surface area contributed by atoms with Crippen LogP contribution in [0, 0.1) is 12.7 Å². The summed E-state index contributed by atoms with van der Waals surface area (Å²) in [6, 6.07) is 34.1. The standard InChI is InChI=1S/C30H23FN4O/c1-21-11-17-26(18-12-21)35-29(24-15-13-23(14-16-24)22-7-3-2-4-8-22)19-28(34-35)30(36)33-32-20-25-9-5-6-10-27(25)31/h2-20H,1H3,(H,33,36)/b32-20-. The molecule has 0 radical (unpaired) electrons. The third-order valence-electron chi connectivity index (χ3n) is 5.78. The first-order chi connectivity index (χ1) is 17.6. The summed E-state index contributed by atoms with van der Waals surface area (Å²) in [6.45, 7) is 2.02. The largest absolute Gasteiger partial charge is 0.291 e. The average Bonchev–Trinajstić information content (AvgIpc) is 3.36. The van der Waals surface area contributed by atoms with Gasteiger partial charge in [-0.05, 0) is 42.3 Å². The Morgan fingerprint density at radius 1 is 0.833 bits per heavy atom. The van der Waals surface area contributed by atoms with Crippen LogP contribution in [0.1, 0.15) is 21.6 Å². The first-order valence-electron chi connectivity index (χ1n) is 11.5. The third-order valence-corrected chi connectivity index (χ3v) is 5.78. The lowest BCUT2D eigenvalue weighted by Gasteiger charge is -2.09. The van der Waals surface area contributed by atoms with Gasteiger partial charge in [0.2, 0.25) is 0 Å². The van der Waals surface area contributed by atoms with Crippen molar-refractivity contribution in [2.45, 2.75) is 6.92 Å². The lowest BCUT2D eigenvalue weighted by Crippen LogP contribution is -2.18. The van der Waals surface area contributed by atoms with E-state index >= 15 is 0 Å². The van der Waals surface area contributed by atoms with Crippen molar-refractivity contribution in [1.29, 1.82) is 0 Å². The van der Waals surface area contributed by atoms with Gasteiger partial charge in [-0.25, -0.2) is 14.5 Å². The Kier molecular flexibility index (Phi) is 6.49. The van der Waals surface area contributed by atoms with Crippen molar-refractivity contribution in [3.05, 3.63) is 132 Å². The van der Waals surface area contributed by atoms with E-state index in [1.54, 1.807) is 28.9 Å². The molecule has 0 atom stereocenters. The van der Waals surface area contributed by atoms with Crippen molar-refractivity contribution in [2.75, 3.05) is 0 Å². The zero-order chi connectivity index (χ0) is 24.9. The molecule has 0 aliphatic carbocycles. The molecular weight excluding hydrogens is 451 g/mol. The molecule has 0 aliphatic rings. The second-order valence-electron chi connectivity index (χ2n) is 8.33. The molecule has 4 aromatic carbocycles. The highest BCUT2D eigenvalue weighted by Gasteiger charge is 2.17. The van der Waals surface area contributed by atoms with E-state index in [-0.39, 0.29) is 11.3 Å². The topological polar surface area (TPSA) is 59.3 Å². The molecule has 36 heavy (non-hydrogen) atoms. The molecule has 0 saturated carbocycles. The molecule has 0 saturated heterocycles. The number of hydrogen-bond acceptors (Lipinski definition) is 3. The summed E-state index contributed by atoms with van der Waals surface area (Å²) < 4.78 is 15.6. The molecule has 1 aromatic heterocycles.